The summed E-state index contributed by atoms with van der Waals surface area (Å²) in [6, 6.07) is 7.65. The van der Waals surface area contributed by atoms with Crippen LogP contribution in [0.3, 0.4) is 0 Å². The number of rotatable bonds is 6. The number of carboxylic acids is 1. The minimum Gasteiger partial charge on any atom is -0.480 e. The Morgan fingerprint density at radius 3 is 2.61 bits per heavy atom. The molecule has 2 N–H and O–H groups in total. The van der Waals surface area contributed by atoms with Crippen LogP contribution in [-0.4, -0.2) is 42.0 Å². The Hall–Kier alpha value is -1.40. The van der Waals surface area contributed by atoms with Gasteiger partial charge < -0.3 is 10.0 Å². The topological polar surface area (TPSA) is 69.6 Å². The van der Waals surface area contributed by atoms with Gasteiger partial charge in [0.15, 0.2) is 0 Å². The third-order valence-electron chi connectivity index (χ3n) is 2.34. The molecule has 0 fully saturated rings. The fraction of sp³-hybridized carbons (Fsp3) is 0.333. The van der Waals surface area contributed by atoms with Gasteiger partial charge in [0.1, 0.15) is 0 Å². The molecule has 0 atom stereocenters. The predicted molar refractivity (Wildman–Crippen MR) is 71.1 cm³/mol. The van der Waals surface area contributed by atoms with Crippen molar-refractivity contribution in [2.45, 2.75) is 6.54 Å². The standard InChI is InChI=1S/C12H15BrN2O3/c1-15(11(16)6-14-7-12(17)18)8-9-4-2-3-5-10(9)13/h2-5,14H,6-8H2,1H3,(H,17,18). The average Bonchev–Trinajstić information content (AvgIpc) is 2.31. The first-order valence-corrected chi connectivity index (χ1v) is 6.20. The molecule has 0 saturated heterocycles. The summed E-state index contributed by atoms with van der Waals surface area (Å²) in [5.74, 6) is -1.12. The van der Waals surface area contributed by atoms with Gasteiger partial charge >= 0.3 is 5.97 Å². The van der Waals surface area contributed by atoms with E-state index in [4.69, 9.17) is 5.11 Å². The summed E-state index contributed by atoms with van der Waals surface area (Å²) in [5, 5.41) is 11.0. The second kappa shape index (κ2) is 7.13. The van der Waals surface area contributed by atoms with Gasteiger partial charge in [-0.1, -0.05) is 34.1 Å². The van der Waals surface area contributed by atoms with Crippen LogP contribution in [0.15, 0.2) is 28.7 Å². The van der Waals surface area contributed by atoms with Crippen molar-refractivity contribution >= 4 is 27.8 Å². The number of hydrogen-bond donors (Lipinski definition) is 2. The number of nitrogens with zero attached hydrogens (tertiary/aromatic N) is 1. The van der Waals surface area contributed by atoms with E-state index in [1.807, 2.05) is 24.3 Å². The van der Waals surface area contributed by atoms with Crippen LogP contribution < -0.4 is 5.32 Å². The first-order valence-electron chi connectivity index (χ1n) is 5.40. The van der Waals surface area contributed by atoms with E-state index in [0.29, 0.717) is 6.54 Å². The monoisotopic (exact) mass is 314 g/mol. The lowest BCUT2D eigenvalue weighted by Crippen LogP contribution is -2.37. The van der Waals surface area contributed by atoms with E-state index >= 15 is 0 Å². The second-order valence-corrected chi connectivity index (χ2v) is 4.69. The maximum Gasteiger partial charge on any atom is 0.317 e. The Bertz CT molecular complexity index is 437. The molecular weight excluding hydrogens is 300 g/mol. The molecule has 5 nitrogen and oxygen atoms in total. The van der Waals surface area contributed by atoms with Crippen LogP contribution in [0.1, 0.15) is 5.56 Å². The molecule has 0 aromatic heterocycles. The highest BCUT2D eigenvalue weighted by molar-refractivity contribution is 9.10. The van der Waals surface area contributed by atoms with Gasteiger partial charge in [-0.05, 0) is 11.6 Å². The smallest absolute Gasteiger partial charge is 0.317 e. The van der Waals surface area contributed by atoms with Crippen molar-refractivity contribution in [2.24, 2.45) is 0 Å². The lowest BCUT2D eigenvalue weighted by atomic mass is 10.2. The SMILES string of the molecule is CN(Cc1ccccc1Br)C(=O)CNCC(=O)O. The first-order chi connectivity index (χ1) is 8.50. The molecule has 0 unspecified atom stereocenters. The van der Waals surface area contributed by atoms with Crippen molar-refractivity contribution in [1.82, 2.24) is 10.2 Å². The molecule has 0 radical (unpaired) electrons. The zero-order chi connectivity index (χ0) is 13.5. The van der Waals surface area contributed by atoms with Crippen molar-refractivity contribution in [3.8, 4) is 0 Å². The largest absolute Gasteiger partial charge is 0.480 e. The number of likely N-dealkylation sites (N-methyl/N-ethyl adjacent to an activating group) is 1. The zero-order valence-electron chi connectivity index (χ0n) is 10.0. The molecule has 0 spiro atoms. The Labute approximate surface area is 114 Å². The maximum absolute atomic E-state index is 11.7. The average molecular weight is 315 g/mol. The number of hydrogen-bond acceptors (Lipinski definition) is 3. The number of benzene rings is 1. The molecule has 0 bridgehead atoms. The van der Waals surface area contributed by atoms with Gasteiger partial charge in [0, 0.05) is 18.1 Å². The summed E-state index contributed by atoms with van der Waals surface area (Å²) < 4.78 is 0.947. The highest BCUT2D eigenvalue weighted by Crippen LogP contribution is 2.17. The summed E-state index contributed by atoms with van der Waals surface area (Å²) >= 11 is 3.41. The van der Waals surface area contributed by atoms with Crippen molar-refractivity contribution in [2.75, 3.05) is 20.1 Å². The van der Waals surface area contributed by atoms with E-state index in [-0.39, 0.29) is 19.0 Å². The fourth-order valence-corrected chi connectivity index (χ4v) is 1.79. The van der Waals surface area contributed by atoms with E-state index in [1.54, 1.807) is 11.9 Å². The van der Waals surface area contributed by atoms with Crippen LogP contribution in [0.2, 0.25) is 0 Å². The number of carbonyl (C=O) groups is 2. The molecule has 98 valence electrons. The number of carbonyl (C=O) groups excluding carboxylic acids is 1. The lowest BCUT2D eigenvalue weighted by Gasteiger charge is -2.18. The molecule has 1 aromatic carbocycles. The van der Waals surface area contributed by atoms with Crippen LogP contribution in [0.5, 0.6) is 0 Å². The molecule has 0 aliphatic carbocycles. The van der Waals surface area contributed by atoms with E-state index in [2.05, 4.69) is 21.2 Å². The number of nitrogens with one attached hydrogen (secondary N) is 1. The summed E-state index contributed by atoms with van der Waals surface area (Å²) in [7, 11) is 1.68. The third kappa shape index (κ3) is 4.85. The molecule has 18 heavy (non-hydrogen) atoms. The van der Waals surface area contributed by atoms with Gasteiger partial charge in [-0.15, -0.1) is 0 Å². The zero-order valence-corrected chi connectivity index (χ0v) is 11.6. The highest BCUT2D eigenvalue weighted by Gasteiger charge is 2.10. The third-order valence-corrected chi connectivity index (χ3v) is 3.12. The summed E-state index contributed by atoms with van der Waals surface area (Å²) in [5.41, 5.74) is 1.01. The Balaban J connectivity index is 2.45. The summed E-state index contributed by atoms with van der Waals surface area (Å²) in [6.45, 7) is 0.289. The molecule has 0 aliphatic rings. The van der Waals surface area contributed by atoms with E-state index in [1.165, 1.54) is 0 Å². The fourth-order valence-electron chi connectivity index (χ4n) is 1.38. The van der Waals surface area contributed by atoms with Crippen LogP contribution in [0, 0.1) is 0 Å². The molecule has 0 aliphatic heterocycles. The predicted octanol–water partition coefficient (Wildman–Crippen LogP) is 1.08. The number of carboxylic acid groups (broad SMARTS) is 1. The summed E-state index contributed by atoms with van der Waals surface area (Å²) in [6.07, 6.45) is 0. The van der Waals surface area contributed by atoms with Gasteiger partial charge in [-0.25, -0.2) is 0 Å². The second-order valence-electron chi connectivity index (χ2n) is 3.84. The van der Waals surface area contributed by atoms with Crippen molar-refractivity contribution in [3.63, 3.8) is 0 Å². The van der Waals surface area contributed by atoms with Gasteiger partial charge in [0.05, 0.1) is 13.1 Å². The molecule has 1 rings (SSSR count). The van der Waals surface area contributed by atoms with Crippen molar-refractivity contribution in [1.29, 1.82) is 0 Å². The van der Waals surface area contributed by atoms with Crippen LogP contribution in [-0.2, 0) is 16.1 Å². The Kier molecular flexibility index (Phi) is 5.80. The Morgan fingerprint density at radius 1 is 1.33 bits per heavy atom. The minimum atomic E-state index is -0.976. The first kappa shape index (κ1) is 14.7. The molecule has 1 amide bonds. The normalized spacial score (nSPS) is 10.1. The number of halogens is 1. The van der Waals surface area contributed by atoms with Gasteiger partial charge in [-0.3, -0.25) is 14.9 Å². The number of aliphatic carboxylic acids is 1. The minimum absolute atomic E-state index is 0.0211. The molecule has 0 heterocycles. The molecule has 0 saturated carbocycles. The van der Waals surface area contributed by atoms with Gasteiger partial charge in [-0.2, -0.15) is 0 Å². The molecular formula is C12H15BrN2O3. The Morgan fingerprint density at radius 2 is 2.00 bits per heavy atom. The van der Waals surface area contributed by atoms with Gasteiger partial charge in [0.25, 0.3) is 0 Å². The molecule has 1 aromatic rings. The van der Waals surface area contributed by atoms with Gasteiger partial charge in [0.2, 0.25) is 5.91 Å². The quantitative estimate of drug-likeness (QED) is 0.824. The van der Waals surface area contributed by atoms with E-state index < -0.39 is 5.97 Å². The van der Waals surface area contributed by atoms with Crippen LogP contribution in [0.4, 0.5) is 0 Å². The van der Waals surface area contributed by atoms with E-state index in [0.717, 1.165) is 10.0 Å². The maximum atomic E-state index is 11.7. The number of amides is 1. The highest BCUT2D eigenvalue weighted by atomic mass is 79.9. The summed E-state index contributed by atoms with van der Waals surface area (Å²) in [4.78, 5) is 23.5. The lowest BCUT2D eigenvalue weighted by molar-refractivity contribution is -0.136. The van der Waals surface area contributed by atoms with Crippen molar-refractivity contribution < 1.29 is 14.7 Å². The van der Waals surface area contributed by atoms with E-state index in [9.17, 15) is 9.59 Å². The van der Waals surface area contributed by atoms with Crippen LogP contribution in [0.25, 0.3) is 0 Å². The molecule has 6 heteroatoms. The van der Waals surface area contributed by atoms with Crippen molar-refractivity contribution in [3.05, 3.63) is 34.3 Å². The van der Waals surface area contributed by atoms with Crippen LogP contribution >= 0.6 is 15.9 Å².